The first-order valence-electron chi connectivity index (χ1n) is 7.30. The largest absolute Gasteiger partial charge is 0.507 e. The number of aromatic hydroxyl groups is 1. The molecule has 106 valence electrons. The van der Waals surface area contributed by atoms with Gasteiger partial charge in [-0.1, -0.05) is 25.8 Å². The molecule has 2 rings (SSSR count). The van der Waals surface area contributed by atoms with Crippen LogP contribution in [-0.4, -0.2) is 29.7 Å². The Morgan fingerprint density at radius 2 is 2.05 bits per heavy atom. The van der Waals surface area contributed by atoms with Crippen molar-refractivity contribution in [3.63, 3.8) is 0 Å². The Morgan fingerprint density at radius 3 is 2.58 bits per heavy atom. The lowest BCUT2D eigenvalue weighted by Gasteiger charge is -2.34. The molecule has 0 heterocycles. The van der Waals surface area contributed by atoms with Crippen molar-refractivity contribution in [1.29, 1.82) is 0 Å². The minimum absolute atomic E-state index is 0.249. The van der Waals surface area contributed by atoms with Gasteiger partial charge in [-0.15, -0.1) is 0 Å². The minimum atomic E-state index is 0.249. The molecule has 1 fully saturated rings. The van der Waals surface area contributed by atoms with Gasteiger partial charge < -0.3 is 9.84 Å². The fourth-order valence-electron chi connectivity index (χ4n) is 3.27. The van der Waals surface area contributed by atoms with Gasteiger partial charge >= 0.3 is 0 Å². The summed E-state index contributed by atoms with van der Waals surface area (Å²) in [6.45, 7) is 5.41. The molecule has 1 aliphatic carbocycles. The molecule has 1 aliphatic rings. The Balaban J connectivity index is 2.18. The molecule has 1 unspecified atom stereocenters. The predicted molar refractivity (Wildman–Crippen MR) is 77.7 cm³/mol. The summed E-state index contributed by atoms with van der Waals surface area (Å²) in [4.78, 5) is 2.51. The van der Waals surface area contributed by atoms with E-state index >= 15 is 0 Å². The van der Waals surface area contributed by atoms with Crippen LogP contribution in [-0.2, 0) is 0 Å². The van der Waals surface area contributed by atoms with E-state index in [0.717, 1.165) is 12.1 Å². The summed E-state index contributed by atoms with van der Waals surface area (Å²) in [6.07, 6.45) is 5.25. The van der Waals surface area contributed by atoms with E-state index in [9.17, 15) is 5.11 Å². The van der Waals surface area contributed by atoms with Gasteiger partial charge in [-0.25, -0.2) is 0 Å². The summed E-state index contributed by atoms with van der Waals surface area (Å²) in [5.74, 6) is 1.04. The molecule has 19 heavy (non-hydrogen) atoms. The first-order valence-corrected chi connectivity index (χ1v) is 7.30. The van der Waals surface area contributed by atoms with Crippen LogP contribution in [0.2, 0.25) is 0 Å². The molecule has 0 aliphatic heterocycles. The number of ether oxygens (including phenoxy) is 1. The Morgan fingerprint density at radius 1 is 1.37 bits per heavy atom. The fourth-order valence-corrected chi connectivity index (χ4v) is 3.27. The molecule has 3 heteroatoms. The lowest BCUT2D eigenvalue weighted by atomic mass is 10.0. The van der Waals surface area contributed by atoms with Crippen molar-refractivity contribution in [2.24, 2.45) is 0 Å². The lowest BCUT2D eigenvalue weighted by Crippen LogP contribution is -2.35. The molecular weight excluding hydrogens is 238 g/mol. The molecule has 1 N–H and O–H groups in total. The van der Waals surface area contributed by atoms with Crippen LogP contribution in [0.3, 0.4) is 0 Å². The summed E-state index contributed by atoms with van der Waals surface area (Å²) < 4.78 is 5.14. The highest BCUT2D eigenvalue weighted by Gasteiger charge is 2.27. The zero-order chi connectivity index (χ0) is 13.8. The second-order valence-corrected chi connectivity index (χ2v) is 5.37. The zero-order valence-electron chi connectivity index (χ0n) is 12.2. The van der Waals surface area contributed by atoms with Crippen LogP contribution in [0.25, 0.3) is 0 Å². The van der Waals surface area contributed by atoms with Gasteiger partial charge in [0.05, 0.1) is 7.11 Å². The molecule has 3 nitrogen and oxygen atoms in total. The second-order valence-electron chi connectivity index (χ2n) is 5.37. The van der Waals surface area contributed by atoms with Crippen LogP contribution in [0.1, 0.15) is 51.1 Å². The molecule has 0 saturated heterocycles. The van der Waals surface area contributed by atoms with Crippen molar-refractivity contribution in [2.75, 3.05) is 13.7 Å². The van der Waals surface area contributed by atoms with E-state index in [0.29, 0.717) is 17.5 Å². The van der Waals surface area contributed by atoms with Gasteiger partial charge in [-0.3, -0.25) is 4.90 Å². The Bertz CT molecular complexity index is 413. The molecule has 1 atom stereocenters. The highest BCUT2D eigenvalue weighted by Crippen LogP contribution is 2.35. The van der Waals surface area contributed by atoms with Crippen molar-refractivity contribution >= 4 is 0 Å². The van der Waals surface area contributed by atoms with E-state index in [1.54, 1.807) is 13.2 Å². The number of hydrogen-bond donors (Lipinski definition) is 1. The number of methoxy groups -OCH3 is 1. The molecule has 0 aromatic heterocycles. The van der Waals surface area contributed by atoms with Gasteiger partial charge in [-0.05, 0) is 32.4 Å². The monoisotopic (exact) mass is 263 g/mol. The van der Waals surface area contributed by atoms with Gasteiger partial charge in [0.2, 0.25) is 0 Å². The number of nitrogens with zero attached hydrogens (tertiary/aromatic N) is 1. The maximum atomic E-state index is 10.2. The summed E-state index contributed by atoms with van der Waals surface area (Å²) >= 11 is 0. The van der Waals surface area contributed by atoms with Gasteiger partial charge in [0.1, 0.15) is 11.5 Å². The highest BCUT2D eigenvalue weighted by atomic mass is 16.5. The third-order valence-electron chi connectivity index (χ3n) is 4.34. The standard InChI is InChI=1S/C16H25NO2/c1-4-17(13-7-5-6-8-13)12(2)15-10-9-14(19-3)11-16(15)18/h9-13,18H,4-8H2,1-3H3. The minimum Gasteiger partial charge on any atom is -0.507 e. The number of benzene rings is 1. The zero-order valence-corrected chi connectivity index (χ0v) is 12.2. The molecule has 1 saturated carbocycles. The van der Waals surface area contributed by atoms with Crippen LogP contribution < -0.4 is 4.74 Å². The van der Waals surface area contributed by atoms with Crippen molar-refractivity contribution in [3.8, 4) is 11.5 Å². The Hall–Kier alpha value is -1.22. The fraction of sp³-hybridized carbons (Fsp3) is 0.625. The van der Waals surface area contributed by atoms with Gasteiger partial charge in [-0.2, -0.15) is 0 Å². The first kappa shape index (κ1) is 14.2. The average Bonchev–Trinajstić information content (AvgIpc) is 2.93. The van der Waals surface area contributed by atoms with E-state index in [-0.39, 0.29) is 6.04 Å². The maximum Gasteiger partial charge on any atom is 0.124 e. The quantitative estimate of drug-likeness (QED) is 0.878. The molecular formula is C16H25NO2. The van der Waals surface area contributed by atoms with Crippen molar-refractivity contribution in [1.82, 2.24) is 4.90 Å². The lowest BCUT2D eigenvalue weighted by molar-refractivity contribution is 0.152. The van der Waals surface area contributed by atoms with E-state index in [2.05, 4.69) is 18.7 Å². The van der Waals surface area contributed by atoms with Crippen molar-refractivity contribution < 1.29 is 9.84 Å². The molecule has 0 bridgehead atoms. The van der Waals surface area contributed by atoms with Crippen molar-refractivity contribution in [2.45, 2.75) is 51.6 Å². The maximum absolute atomic E-state index is 10.2. The van der Waals surface area contributed by atoms with E-state index < -0.39 is 0 Å². The molecule has 0 spiro atoms. The van der Waals surface area contributed by atoms with Crippen LogP contribution >= 0.6 is 0 Å². The van der Waals surface area contributed by atoms with Gasteiger partial charge in [0, 0.05) is 23.7 Å². The average molecular weight is 263 g/mol. The van der Waals surface area contributed by atoms with E-state index in [4.69, 9.17) is 4.74 Å². The summed E-state index contributed by atoms with van der Waals surface area (Å²) in [6, 6.07) is 6.53. The van der Waals surface area contributed by atoms with Crippen LogP contribution in [0.4, 0.5) is 0 Å². The van der Waals surface area contributed by atoms with Crippen molar-refractivity contribution in [3.05, 3.63) is 23.8 Å². The second kappa shape index (κ2) is 6.29. The Kier molecular flexibility index (Phi) is 4.70. The number of phenolic OH excluding ortho intramolecular Hbond substituents is 1. The highest BCUT2D eigenvalue weighted by molar-refractivity contribution is 5.41. The summed E-state index contributed by atoms with van der Waals surface area (Å²) in [5.41, 5.74) is 0.995. The van der Waals surface area contributed by atoms with E-state index in [1.165, 1.54) is 25.7 Å². The number of phenols is 1. The molecule has 1 aromatic carbocycles. The third kappa shape index (κ3) is 3.03. The smallest absolute Gasteiger partial charge is 0.124 e. The van der Waals surface area contributed by atoms with Gasteiger partial charge in [0.15, 0.2) is 0 Å². The van der Waals surface area contributed by atoms with E-state index in [1.807, 2.05) is 12.1 Å². The number of hydrogen-bond acceptors (Lipinski definition) is 3. The number of rotatable bonds is 5. The third-order valence-corrected chi connectivity index (χ3v) is 4.34. The van der Waals surface area contributed by atoms with Gasteiger partial charge in [0.25, 0.3) is 0 Å². The molecule has 0 radical (unpaired) electrons. The van der Waals surface area contributed by atoms with Crippen LogP contribution in [0, 0.1) is 0 Å². The normalized spacial score (nSPS) is 17.9. The molecule has 0 amide bonds. The van der Waals surface area contributed by atoms with Crippen LogP contribution in [0.15, 0.2) is 18.2 Å². The SMILES string of the molecule is CCN(C1CCCC1)C(C)c1ccc(OC)cc1O. The summed E-state index contributed by atoms with van der Waals surface area (Å²) in [5, 5.41) is 10.2. The van der Waals surface area contributed by atoms with Crippen LogP contribution in [0.5, 0.6) is 11.5 Å². The predicted octanol–water partition coefficient (Wildman–Crippen LogP) is 3.73. The topological polar surface area (TPSA) is 32.7 Å². The first-order chi connectivity index (χ1) is 9.17. The Labute approximate surface area is 116 Å². The summed E-state index contributed by atoms with van der Waals surface area (Å²) in [7, 11) is 1.62. The molecule has 1 aromatic rings.